The summed E-state index contributed by atoms with van der Waals surface area (Å²) >= 11 is 11.3. The minimum Gasteiger partial charge on any atom is -0.276 e. The first kappa shape index (κ1) is 6.88. The van der Waals surface area contributed by atoms with Gasteiger partial charge in [-0.05, 0) is 0 Å². The number of pyridine rings is 1. The van der Waals surface area contributed by atoms with Crippen molar-refractivity contribution >= 4 is 34.1 Å². The summed E-state index contributed by atoms with van der Waals surface area (Å²) < 4.78 is 0. The van der Waals surface area contributed by atoms with Crippen LogP contribution in [0.5, 0.6) is 0 Å². The number of hydrogen-bond donors (Lipinski definition) is 1. The summed E-state index contributed by atoms with van der Waals surface area (Å²) in [6.07, 6.45) is 1.59. The zero-order valence-corrected chi connectivity index (χ0v) is 6.82. The maximum absolute atomic E-state index is 5.70. The van der Waals surface area contributed by atoms with Gasteiger partial charge in [0.2, 0.25) is 0 Å². The molecular formula is C6H3Cl2N3. The highest BCUT2D eigenvalue weighted by Crippen LogP contribution is 2.20. The molecule has 0 aliphatic rings. The summed E-state index contributed by atoms with van der Waals surface area (Å²) in [5, 5.41) is 8.14. The fraction of sp³-hybridized carbons (Fsp3) is 0. The van der Waals surface area contributed by atoms with Crippen molar-refractivity contribution in [3.63, 3.8) is 0 Å². The lowest BCUT2D eigenvalue weighted by Gasteiger charge is -1.87. The van der Waals surface area contributed by atoms with Crippen LogP contribution in [0.4, 0.5) is 0 Å². The average Bonchev–Trinajstić information content (AvgIpc) is 2.32. The SMILES string of the molecule is Clc1cc2[nH]nc(Cl)c2cn1. The molecule has 0 aromatic carbocycles. The number of nitrogens with one attached hydrogen (secondary N) is 1. The molecule has 2 rings (SSSR count). The molecule has 5 heteroatoms. The maximum atomic E-state index is 5.70. The van der Waals surface area contributed by atoms with Crippen LogP contribution >= 0.6 is 23.2 Å². The smallest absolute Gasteiger partial charge is 0.160 e. The summed E-state index contributed by atoms with van der Waals surface area (Å²) in [4.78, 5) is 3.86. The highest BCUT2D eigenvalue weighted by molar-refractivity contribution is 6.34. The van der Waals surface area contributed by atoms with E-state index in [4.69, 9.17) is 23.2 Å². The molecule has 1 N–H and O–H groups in total. The van der Waals surface area contributed by atoms with Crippen LogP contribution in [0.2, 0.25) is 10.3 Å². The summed E-state index contributed by atoms with van der Waals surface area (Å²) in [6.45, 7) is 0. The Hall–Kier alpha value is -0.800. The number of aromatic nitrogens is 3. The van der Waals surface area contributed by atoms with Gasteiger partial charge >= 0.3 is 0 Å². The number of fused-ring (bicyclic) bond motifs is 1. The lowest BCUT2D eigenvalue weighted by atomic mass is 10.3. The third-order valence-electron chi connectivity index (χ3n) is 1.37. The number of rotatable bonds is 0. The van der Waals surface area contributed by atoms with Gasteiger partial charge in [0.1, 0.15) is 5.15 Å². The summed E-state index contributed by atoms with van der Waals surface area (Å²) in [6, 6.07) is 1.68. The Balaban J connectivity index is 2.86. The Morgan fingerprint density at radius 2 is 2.18 bits per heavy atom. The highest BCUT2D eigenvalue weighted by atomic mass is 35.5. The van der Waals surface area contributed by atoms with Gasteiger partial charge in [-0.25, -0.2) is 4.98 Å². The first-order valence-electron chi connectivity index (χ1n) is 2.92. The molecule has 0 radical (unpaired) electrons. The Bertz CT molecular complexity index is 396. The maximum Gasteiger partial charge on any atom is 0.160 e. The number of halogens is 2. The first-order valence-corrected chi connectivity index (χ1v) is 3.68. The molecule has 2 heterocycles. The predicted molar refractivity (Wildman–Crippen MR) is 43.9 cm³/mol. The summed E-state index contributed by atoms with van der Waals surface area (Å²) in [5.41, 5.74) is 0.801. The van der Waals surface area contributed by atoms with E-state index < -0.39 is 0 Å². The topological polar surface area (TPSA) is 41.6 Å². The number of H-pyrrole nitrogens is 1. The molecule has 3 nitrogen and oxygen atoms in total. The normalized spacial score (nSPS) is 10.7. The van der Waals surface area contributed by atoms with Gasteiger partial charge in [0.05, 0.1) is 10.9 Å². The van der Waals surface area contributed by atoms with E-state index in [2.05, 4.69) is 15.2 Å². The van der Waals surface area contributed by atoms with Crippen molar-refractivity contribution in [2.45, 2.75) is 0 Å². The van der Waals surface area contributed by atoms with E-state index in [0.29, 0.717) is 10.3 Å². The van der Waals surface area contributed by atoms with Crippen molar-refractivity contribution in [3.05, 3.63) is 22.6 Å². The van der Waals surface area contributed by atoms with E-state index in [1.807, 2.05) is 0 Å². The first-order chi connectivity index (χ1) is 5.27. The molecule has 0 saturated heterocycles. The lowest BCUT2D eigenvalue weighted by molar-refractivity contribution is 1.12. The Morgan fingerprint density at radius 1 is 1.36 bits per heavy atom. The standard InChI is InChI=1S/C6H3Cl2N3/c7-5-1-4-3(2-9-5)6(8)11-10-4/h1-2H,(H,10,11). The van der Waals surface area contributed by atoms with Crippen molar-refractivity contribution in [3.8, 4) is 0 Å². The van der Waals surface area contributed by atoms with Crippen LogP contribution in [0.1, 0.15) is 0 Å². The lowest BCUT2D eigenvalue weighted by Crippen LogP contribution is -1.73. The minimum atomic E-state index is 0.421. The fourth-order valence-corrected chi connectivity index (χ4v) is 1.21. The summed E-state index contributed by atoms with van der Waals surface area (Å²) in [5.74, 6) is 0. The summed E-state index contributed by atoms with van der Waals surface area (Å²) in [7, 11) is 0. The second-order valence-electron chi connectivity index (χ2n) is 2.07. The molecule has 0 aliphatic carbocycles. The molecular weight excluding hydrogens is 185 g/mol. The Labute approximate surface area is 72.3 Å². The van der Waals surface area contributed by atoms with E-state index >= 15 is 0 Å². The molecule has 0 aliphatic heterocycles. The number of nitrogens with zero attached hydrogens (tertiary/aromatic N) is 2. The van der Waals surface area contributed by atoms with E-state index in [9.17, 15) is 0 Å². The van der Waals surface area contributed by atoms with Crippen LogP contribution < -0.4 is 0 Å². The minimum absolute atomic E-state index is 0.421. The van der Waals surface area contributed by atoms with Crippen molar-refractivity contribution in [2.75, 3.05) is 0 Å². The van der Waals surface area contributed by atoms with Crippen molar-refractivity contribution in [1.82, 2.24) is 15.2 Å². The molecule has 11 heavy (non-hydrogen) atoms. The zero-order chi connectivity index (χ0) is 7.84. The zero-order valence-electron chi connectivity index (χ0n) is 5.31. The van der Waals surface area contributed by atoms with Crippen LogP contribution in [0.25, 0.3) is 10.9 Å². The number of hydrogen-bond acceptors (Lipinski definition) is 2. The van der Waals surface area contributed by atoms with E-state index in [-0.39, 0.29) is 0 Å². The van der Waals surface area contributed by atoms with Gasteiger partial charge in [-0.3, -0.25) is 5.10 Å². The van der Waals surface area contributed by atoms with E-state index in [1.165, 1.54) is 0 Å². The van der Waals surface area contributed by atoms with Crippen molar-refractivity contribution < 1.29 is 0 Å². The van der Waals surface area contributed by atoms with Crippen molar-refractivity contribution in [1.29, 1.82) is 0 Å². The van der Waals surface area contributed by atoms with Gasteiger partial charge in [-0.15, -0.1) is 0 Å². The van der Waals surface area contributed by atoms with Crippen LogP contribution in [-0.4, -0.2) is 15.2 Å². The quantitative estimate of drug-likeness (QED) is 0.644. The third-order valence-corrected chi connectivity index (χ3v) is 1.86. The molecule has 0 saturated carbocycles. The van der Waals surface area contributed by atoms with E-state index in [0.717, 1.165) is 10.9 Å². The molecule has 0 amide bonds. The van der Waals surface area contributed by atoms with Crippen LogP contribution in [0, 0.1) is 0 Å². The van der Waals surface area contributed by atoms with Gasteiger partial charge in [-0.1, -0.05) is 23.2 Å². The van der Waals surface area contributed by atoms with Gasteiger partial charge in [-0.2, -0.15) is 5.10 Å². The van der Waals surface area contributed by atoms with E-state index in [1.54, 1.807) is 12.3 Å². The molecule has 0 unspecified atom stereocenters. The number of aromatic amines is 1. The van der Waals surface area contributed by atoms with Gasteiger partial charge in [0, 0.05) is 12.3 Å². The fourth-order valence-electron chi connectivity index (χ4n) is 0.856. The molecule has 0 fully saturated rings. The van der Waals surface area contributed by atoms with Gasteiger partial charge in [0.25, 0.3) is 0 Å². The Morgan fingerprint density at radius 3 is 3.00 bits per heavy atom. The molecule has 0 spiro atoms. The Kier molecular flexibility index (Phi) is 1.47. The molecule has 2 aromatic heterocycles. The third kappa shape index (κ3) is 1.06. The average molecular weight is 188 g/mol. The van der Waals surface area contributed by atoms with Crippen molar-refractivity contribution in [2.24, 2.45) is 0 Å². The molecule has 0 bridgehead atoms. The molecule has 56 valence electrons. The monoisotopic (exact) mass is 187 g/mol. The van der Waals surface area contributed by atoms with Gasteiger partial charge in [0.15, 0.2) is 5.15 Å². The van der Waals surface area contributed by atoms with Gasteiger partial charge < -0.3 is 0 Å². The molecule has 0 atom stereocenters. The van der Waals surface area contributed by atoms with Crippen LogP contribution in [-0.2, 0) is 0 Å². The highest BCUT2D eigenvalue weighted by Gasteiger charge is 2.02. The van der Waals surface area contributed by atoms with Crippen LogP contribution in [0.15, 0.2) is 12.3 Å². The van der Waals surface area contributed by atoms with Crippen LogP contribution in [0.3, 0.4) is 0 Å². The molecule has 2 aromatic rings. The second-order valence-corrected chi connectivity index (χ2v) is 2.81. The largest absolute Gasteiger partial charge is 0.276 e. The predicted octanol–water partition coefficient (Wildman–Crippen LogP) is 2.26. The second kappa shape index (κ2) is 2.36.